The van der Waals surface area contributed by atoms with E-state index >= 15 is 0 Å². The lowest BCUT2D eigenvalue weighted by molar-refractivity contribution is -0.134. The Morgan fingerprint density at radius 3 is 2.61 bits per heavy atom. The highest BCUT2D eigenvalue weighted by Crippen LogP contribution is 2.28. The van der Waals surface area contributed by atoms with E-state index in [0.29, 0.717) is 24.6 Å². The summed E-state index contributed by atoms with van der Waals surface area (Å²) in [6.45, 7) is 4.89. The third kappa shape index (κ3) is 6.19. The first-order chi connectivity index (χ1) is 15.1. The molecule has 3 rings (SSSR count). The van der Waals surface area contributed by atoms with Crippen LogP contribution in [0.2, 0.25) is 0 Å². The van der Waals surface area contributed by atoms with Crippen LogP contribution in [0.25, 0.3) is 6.08 Å². The van der Waals surface area contributed by atoms with Gasteiger partial charge in [0.15, 0.2) is 18.1 Å². The summed E-state index contributed by atoms with van der Waals surface area (Å²) < 4.78 is 11.3. The predicted octanol–water partition coefficient (Wildman–Crippen LogP) is 5.04. The first kappa shape index (κ1) is 22.1. The van der Waals surface area contributed by atoms with E-state index in [9.17, 15) is 4.79 Å². The quantitative estimate of drug-likeness (QED) is 0.490. The van der Waals surface area contributed by atoms with Gasteiger partial charge in [0.05, 0.1) is 7.11 Å². The number of allylic oxidation sites excluding steroid dienone is 1. The van der Waals surface area contributed by atoms with Gasteiger partial charge in [0.25, 0.3) is 5.91 Å². The van der Waals surface area contributed by atoms with Crippen molar-refractivity contribution in [3.05, 3.63) is 95.3 Å². The van der Waals surface area contributed by atoms with Gasteiger partial charge in [-0.3, -0.25) is 9.78 Å². The number of carbonyl (C=O) groups is 1. The Morgan fingerprint density at radius 2 is 1.90 bits per heavy atom. The Kier molecular flexibility index (Phi) is 7.82. The third-order valence-corrected chi connectivity index (χ3v) is 4.97. The first-order valence-electron chi connectivity index (χ1n) is 10.3. The fraction of sp³-hybridized carbons (Fsp3) is 0.231. The van der Waals surface area contributed by atoms with Crippen molar-refractivity contribution < 1.29 is 14.3 Å². The summed E-state index contributed by atoms with van der Waals surface area (Å²) in [5.41, 5.74) is 4.23. The molecule has 0 saturated carbocycles. The number of hydrogen-bond donors (Lipinski definition) is 0. The Labute approximate surface area is 184 Å². The van der Waals surface area contributed by atoms with Crippen molar-refractivity contribution in [1.82, 2.24) is 9.88 Å². The molecule has 31 heavy (non-hydrogen) atoms. The highest BCUT2D eigenvalue weighted by atomic mass is 16.5. The summed E-state index contributed by atoms with van der Waals surface area (Å²) in [5, 5.41) is 0. The highest BCUT2D eigenvalue weighted by Gasteiger charge is 2.17. The second-order valence-electron chi connectivity index (χ2n) is 7.24. The minimum atomic E-state index is -0.105. The van der Waals surface area contributed by atoms with Crippen LogP contribution in [0.1, 0.15) is 29.2 Å². The SMILES string of the molecule is C/C=C/c1ccc(OCC(=O)N(Cc2cccnc2)Cc2ccccc2C)c(OC)c1. The number of amides is 1. The summed E-state index contributed by atoms with van der Waals surface area (Å²) in [6.07, 6.45) is 7.45. The lowest BCUT2D eigenvalue weighted by Crippen LogP contribution is -2.34. The number of pyridine rings is 1. The van der Waals surface area contributed by atoms with Gasteiger partial charge in [-0.15, -0.1) is 0 Å². The molecule has 0 fully saturated rings. The summed E-state index contributed by atoms with van der Waals surface area (Å²) in [6, 6.07) is 17.6. The molecule has 1 amide bonds. The molecule has 3 aromatic rings. The van der Waals surface area contributed by atoms with Crippen LogP contribution in [0.15, 0.2) is 73.1 Å². The van der Waals surface area contributed by atoms with E-state index in [1.807, 2.05) is 67.6 Å². The van der Waals surface area contributed by atoms with Crippen molar-refractivity contribution in [1.29, 1.82) is 0 Å². The van der Waals surface area contributed by atoms with Crippen LogP contribution in [-0.2, 0) is 17.9 Å². The molecule has 0 saturated heterocycles. The molecule has 0 N–H and O–H groups in total. The molecular formula is C26H28N2O3. The molecule has 0 unspecified atom stereocenters. The average molecular weight is 417 g/mol. The monoisotopic (exact) mass is 416 g/mol. The molecule has 160 valence electrons. The maximum Gasteiger partial charge on any atom is 0.261 e. The molecule has 1 heterocycles. The van der Waals surface area contributed by atoms with Gasteiger partial charge in [0.2, 0.25) is 0 Å². The molecule has 0 spiro atoms. The van der Waals surface area contributed by atoms with Crippen LogP contribution in [0, 0.1) is 6.92 Å². The molecule has 0 atom stereocenters. The number of hydrogen-bond acceptors (Lipinski definition) is 4. The van der Waals surface area contributed by atoms with Crippen LogP contribution in [0.3, 0.4) is 0 Å². The zero-order valence-electron chi connectivity index (χ0n) is 18.2. The van der Waals surface area contributed by atoms with Gasteiger partial charge in [0, 0.05) is 25.5 Å². The van der Waals surface area contributed by atoms with Crippen molar-refractivity contribution in [2.24, 2.45) is 0 Å². The molecule has 0 aliphatic heterocycles. The maximum absolute atomic E-state index is 13.1. The normalized spacial score (nSPS) is 10.8. The Bertz CT molecular complexity index is 1030. The van der Waals surface area contributed by atoms with Gasteiger partial charge in [-0.2, -0.15) is 0 Å². The van der Waals surface area contributed by atoms with E-state index in [-0.39, 0.29) is 12.5 Å². The minimum absolute atomic E-state index is 0.0779. The topological polar surface area (TPSA) is 51.7 Å². The van der Waals surface area contributed by atoms with Crippen molar-refractivity contribution in [2.75, 3.05) is 13.7 Å². The molecule has 1 aromatic heterocycles. The minimum Gasteiger partial charge on any atom is -0.493 e. The number of aromatic nitrogens is 1. The molecule has 0 radical (unpaired) electrons. The van der Waals surface area contributed by atoms with Crippen LogP contribution in [0.5, 0.6) is 11.5 Å². The van der Waals surface area contributed by atoms with E-state index in [2.05, 4.69) is 18.0 Å². The van der Waals surface area contributed by atoms with Crippen LogP contribution >= 0.6 is 0 Å². The molecule has 0 aliphatic carbocycles. The second-order valence-corrected chi connectivity index (χ2v) is 7.24. The molecule has 5 nitrogen and oxygen atoms in total. The Morgan fingerprint density at radius 1 is 1.06 bits per heavy atom. The van der Waals surface area contributed by atoms with Crippen molar-refractivity contribution in [3.63, 3.8) is 0 Å². The number of rotatable bonds is 9. The predicted molar refractivity (Wildman–Crippen MR) is 123 cm³/mol. The fourth-order valence-electron chi connectivity index (χ4n) is 3.27. The van der Waals surface area contributed by atoms with E-state index in [4.69, 9.17) is 9.47 Å². The molecule has 5 heteroatoms. The first-order valence-corrected chi connectivity index (χ1v) is 10.3. The Hall–Kier alpha value is -3.60. The van der Waals surface area contributed by atoms with Gasteiger partial charge in [-0.25, -0.2) is 0 Å². The van der Waals surface area contributed by atoms with E-state index < -0.39 is 0 Å². The van der Waals surface area contributed by atoms with E-state index in [0.717, 1.165) is 22.3 Å². The molecule has 0 aliphatic rings. The smallest absolute Gasteiger partial charge is 0.261 e. The standard InChI is InChI=1S/C26H28N2O3/c1-4-8-21-12-13-24(25(15-21)30-3)31-19-26(29)28(17-22-10-7-14-27-16-22)18-23-11-6-5-9-20(23)2/h4-16H,17-19H2,1-3H3/b8-4+. The lowest BCUT2D eigenvalue weighted by atomic mass is 10.1. The zero-order chi connectivity index (χ0) is 22.1. The molecule has 2 aromatic carbocycles. The van der Waals surface area contributed by atoms with Gasteiger partial charge in [0.1, 0.15) is 0 Å². The number of methoxy groups -OCH3 is 1. The number of carbonyl (C=O) groups excluding carboxylic acids is 1. The summed E-state index contributed by atoms with van der Waals surface area (Å²) >= 11 is 0. The number of aryl methyl sites for hydroxylation is 1. The van der Waals surface area contributed by atoms with Gasteiger partial charge in [-0.1, -0.05) is 48.6 Å². The largest absolute Gasteiger partial charge is 0.493 e. The average Bonchev–Trinajstić information content (AvgIpc) is 2.79. The van der Waals surface area contributed by atoms with Crippen molar-refractivity contribution in [2.45, 2.75) is 26.9 Å². The van der Waals surface area contributed by atoms with Gasteiger partial charge < -0.3 is 14.4 Å². The second kappa shape index (κ2) is 11.0. The summed E-state index contributed by atoms with van der Waals surface area (Å²) in [7, 11) is 1.59. The van der Waals surface area contributed by atoms with Gasteiger partial charge >= 0.3 is 0 Å². The molecule has 0 bridgehead atoms. The van der Waals surface area contributed by atoms with Gasteiger partial charge in [-0.05, 0) is 54.3 Å². The molecular weight excluding hydrogens is 388 g/mol. The Balaban J connectivity index is 1.76. The van der Waals surface area contributed by atoms with Crippen LogP contribution < -0.4 is 9.47 Å². The third-order valence-electron chi connectivity index (χ3n) is 4.97. The lowest BCUT2D eigenvalue weighted by Gasteiger charge is -2.24. The fourth-order valence-corrected chi connectivity index (χ4v) is 3.27. The highest BCUT2D eigenvalue weighted by molar-refractivity contribution is 5.78. The summed E-state index contributed by atoms with van der Waals surface area (Å²) in [4.78, 5) is 19.1. The van der Waals surface area contributed by atoms with E-state index in [1.165, 1.54) is 0 Å². The zero-order valence-corrected chi connectivity index (χ0v) is 18.2. The van der Waals surface area contributed by atoms with Crippen molar-refractivity contribution in [3.8, 4) is 11.5 Å². The van der Waals surface area contributed by atoms with Crippen molar-refractivity contribution >= 4 is 12.0 Å². The van der Waals surface area contributed by atoms with Crippen LogP contribution in [0.4, 0.5) is 0 Å². The van der Waals surface area contributed by atoms with Crippen LogP contribution in [-0.4, -0.2) is 29.5 Å². The number of ether oxygens (including phenoxy) is 2. The number of benzene rings is 2. The number of nitrogens with zero attached hydrogens (tertiary/aromatic N) is 2. The summed E-state index contributed by atoms with van der Waals surface area (Å²) in [5.74, 6) is 1.04. The van der Waals surface area contributed by atoms with E-state index in [1.54, 1.807) is 24.4 Å². The maximum atomic E-state index is 13.1.